The minimum absolute atomic E-state index is 0.179. The van der Waals surface area contributed by atoms with Gasteiger partial charge in [-0.3, -0.25) is 4.79 Å². The van der Waals surface area contributed by atoms with Gasteiger partial charge in [-0.25, -0.2) is 9.97 Å². The molecule has 0 unspecified atom stereocenters. The summed E-state index contributed by atoms with van der Waals surface area (Å²) in [5.41, 5.74) is 12.0. The molecule has 0 spiro atoms. The van der Waals surface area contributed by atoms with Crippen LogP contribution in [-0.4, -0.2) is 54.5 Å². The second-order valence-corrected chi connectivity index (χ2v) is 9.04. The van der Waals surface area contributed by atoms with Crippen LogP contribution in [0.2, 0.25) is 0 Å². The Balaban J connectivity index is 1.47. The van der Waals surface area contributed by atoms with E-state index in [1.165, 1.54) is 4.68 Å². The second-order valence-electron chi connectivity index (χ2n) is 9.04. The van der Waals surface area contributed by atoms with Gasteiger partial charge in [0.1, 0.15) is 22.6 Å². The quantitative estimate of drug-likeness (QED) is 0.306. The van der Waals surface area contributed by atoms with E-state index in [9.17, 15) is 4.79 Å². The molecule has 0 aliphatic carbocycles. The fourth-order valence-corrected chi connectivity index (χ4v) is 4.17. The Hall–Kier alpha value is -4.92. The van der Waals surface area contributed by atoms with Crippen molar-refractivity contribution < 1.29 is 9.53 Å². The molecule has 192 valence electrons. The molecule has 3 aromatic carbocycles. The van der Waals surface area contributed by atoms with Crippen LogP contribution in [0, 0.1) is 0 Å². The summed E-state index contributed by atoms with van der Waals surface area (Å²) in [5.74, 6) is 0.645. The Kier molecular flexibility index (Phi) is 6.90. The number of nitrogens with zero attached hydrogens (tertiary/aromatic N) is 5. The molecule has 9 heteroatoms. The first-order valence-electron chi connectivity index (χ1n) is 12.2. The highest BCUT2D eigenvalue weighted by atomic mass is 16.5. The summed E-state index contributed by atoms with van der Waals surface area (Å²) >= 11 is 0. The number of carbonyl (C=O) groups excluding carboxylic acids is 1. The minimum Gasteiger partial charge on any atom is -0.497 e. The lowest BCUT2D eigenvalue weighted by Crippen LogP contribution is -2.26. The van der Waals surface area contributed by atoms with Crippen LogP contribution in [-0.2, 0) is 6.42 Å². The number of rotatable bonds is 8. The number of benzene rings is 3. The zero-order valence-corrected chi connectivity index (χ0v) is 21.5. The molecule has 0 aliphatic heterocycles. The highest BCUT2D eigenvalue weighted by Gasteiger charge is 2.24. The molecule has 0 bridgehead atoms. The maximum atomic E-state index is 13.3. The minimum atomic E-state index is -0.324. The zero-order valence-electron chi connectivity index (χ0n) is 21.5. The molecule has 0 saturated carbocycles. The predicted octanol–water partition coefficient (Wildman–Crippen LogP) is 4.10. The van der Waals surface area contributed by atoms with Crippen LogP contribution >= 0.6 is 0 Å². The third-order valence-corrected chi connectivity index (χ3v) is 6.29. The van der Waals surface area contributed by atoms with E-state index in [1.54, 1.807) is 13.3 Å². The second kappa shape index (κ2) is 10.6. The van der Waals surface area contributed by atoms with Gasteiger partial charge in [-0.1, -0.05) is 36.4 Å². The number of aromatic nitrogens is 3. The van der Waals surface area contributed by atoms with Gasteiger partial charge < -0.3 is 20.7 Å². The van der Waals surface area contributed by atoms with Crippen LogP contribution in [0.5, 0.6) is 5.75 Å². The van der Waals surface area contributed by atoms with Crippen LogP contribution in [0.3, 0.4) is 0 Å². The molecule has 1 amide bonds. The molecule has 0 aliphatic rings. The topological polar surface area (TPSA) is 111 Å². The molecule has 9 nitrogen and oxygen atoms in total. The Morgan fingerprint density at radius 1 is 1.03 bits per heavy atom. The third-order valence-electron chi connectivity index (χ3n) is 6.29. The number of ether oxygens (including phenoxy) is 1. The van der Waals surface area contributed by atoms with Crippen LogP contribution < -0.4 is 20.7 Å². The van der Waals surface area contributed by atoms with Gasteiger partial charge in [0.15, 0.2) is 5.65 Å². The molecule has 38 heavy (non-hydrogen) atoms. The highest BCUT2D eigenvalue weighted by molar-refractivity contribution is 6.10. The predicted molar refractivity (Wildman–Crippen MR) is 152 cm³/mol. The van der Waals surface area contributed by atoms with E-state index < -0.39 is 0 Å². The first-order valence-corrected chi connectivity index (χ1v) is 12.2. The summed E-state index contributed by atoms with van der Waals surface area (Å²) in [6, 6.07) is 23.2. The standard InChI is InChI=1S/C29H29N7O2/c1-35(2)21-12-8-20(9-13-21)18-32-36-27(30)25(26-28(36)34-24-7-5-4-6-23(24)33-26)29(37)31-17-16-19-10-14-22(38-3)15-11-19/h4-15,18H,16-17,30H2,1-3H3,(H,31,37)/b32-18+. The van der Waals surface area contributed by atoms with Gasteiger partial charge in [-0.05, 0) is 53.9 Å². The number of hydrogen-bond acceptors (Lipinski definition) is 7. The average molecular weight is 508 g/mol. The van der Waals surface area contributed by atoms with Crippen molar-refractivity contribution >= 4 is 45.8 Å². The van der Waals surface area contributed by atoms with E-state index in [0.29, 0.717) is 35.2 Å². The Bertz CT molecular complexity index is 1620. The molecule has 5 rings (SSSR count). The monoisotopic (exact) mass is 507 g/mol. The molecule has 0 atom stereocenters. The van der Waals surface area contributed by atoms with Gasteiger partial charge >= 0.3 is 0 Å². The number of amides is 1. The number of methoxy groups -OCH3 is 1. The van der Waals surface area contributed by atoms with Crippen molar-refractivity contribution in [3.8, 4) is 5.75 Å². The van der Waals surface area contributed by atoms with Crippen molar-refractivity contribution in [2.75, 3.05) is 38.4 Å². The van der Waals surface area contributed by atoms with Crippen molar-refractivity contribution in [1.29, 1.82) is 0 Å². The van der Waals surface area contributed by atoms with Gasteiger partial charge in [0.2, 0.25) is 0 Å². The Morgan fingerprint density at radius 3 is 2.37 bits per heavy atom. The molecule has 0 saturated heterocycles. The Labute approximate surface area is 220 Å². The van der Waals surface area contributed by atoms with E-state index >= 15 is 0 Å². The molecular weight excluding hydrogens is 478 g/mol. The van der Waals surface area contributed by atoms with Crippen LogP contribution in [0.1, 0.15) is 21.5 Å². The number of hydrogen-bond donors (Lipinski definition) is 2. The molecule has 5 aromatic rings. The van der Waals surface area contributed by atoms with E-state index in [1.807, 2.05) is 91.8 Å². The first-order chi connectivity index (χ1) is 18.4. The van der Waals surface area contributed by atoms with Crippen molar-refractivity contribution in [2.24, 2.45) is 5.10 Å². The van der Waals surface area contributed by atoms with E-state index in [4.69, 9.17) is 20.4 Å². The Morgan fingerprint density at radius 2 is 1.71 bits per heavy atom. The SMILES string of the molecule is COc1ccc(CCNC(=O)c2c(N)n(/N=C/c3ccc(N(C)C)cc3)c3nc4ccccc4nc23)cc1. The summed E-state index contributed by atoms with van der Waals surface area (Å²) < 4.78 is 6.69. The number of nitrogens with two attached hydrogens (primary N) is 1. The largest absolute Gasteiger partial charge is 0.497 e. The summed E-state index contributed by atoms with van der Waals surface area (Å²) in [5, 5.41) is 7.56. The third kappa shape index (κ3) is 4.99. The lowest BCUT2D eigenvalue weighted by molar-refractivity contribution is 0.0956. The summed E-state index contributed by atoms with van der Waals surface area (Å²) in [6.07, 6.45) is 2.35. The molecule has 2 aromatic heterocycles. The fourth-order valence-electron chi connectivity index (χ4n) is 4.17. The van der Waals surface area contributed by atoms with Gasteiger partial charge in [-0.2, -0.15) is 9.78 Å². The normalized spacial score (nSPS) is 11.3. The molecular formula is C29H29N7O2. The molecule has 0 fully saturated rings. The molecule has 3 N–H and O–H groups in total. The van der Waals surface area contributed by atoms with Crippen LogP contribution in [0.25, 0.3) is 22.2 Å². The molecule has 2 heterocycles. The number of nitrogen functional groups attached to an aromatic ring is 1. The number of carbonyl (C=O) groups is 1. The lowest BCUT2D eigenvalue weighted by Gasteiger charge is -2.11. The van der Waals surface area contributed by atoms with Crippen molar-refractivity contribution in [2.45, 2.75) is 6.42 Å². The maximum absolute atomic E-state index is 13.3. The number of anilines is 2. The van der Waals surface area contributed by atoms with Crippen LogP contribution in [0.4, 0.5) is 11.5 Å². The van der Waals surface area contributed by atoms with E-state index in [0.717, 1.165) is 22.6 Å². The van der Waals surface area contributed by atoms with Gasteiger partial charge in [0, 0.05) is 26.3 Å². The van der Waals surface area contributed by atoms with Gasteiger partial charge in [0.25, 0.3) is 5.91 Å². The summed E-state index contributed by atoms with van der Waals surface area (Å²) in [4.78, 5) is 24.9. The maximum Gasteiger partial charge on any atom is 0.257 e. The van der Waals surface area contributed by atoms with E-state index in [2.05, 4.69) is 10.4 Å². The fraction of sp³-hybridized carbons (Fsp3) is 0.172. The van der Waals surface area contributed by atoms with Gasteiger partial charge in [0.05, 0.1) is 24.4 Å². The zero-order chi connectivity index (χ0) is 26.6. The number of para-hydroxylation sites is 2. The summed E-state index contributed by atoms with van der Waals surface area (Å²) in [7, 11) is 5.61. The number of fused-ring (bicyclic) bond motifs is 2. The van der Waals surface area contributed by atoms with Crippen molar-refractivity contribution in [3.63, 3.8) is 0 Å². The van der Waals surface area contributed by atoms with Gasteiger partial charge in [-0.15, -0.1) is 0 Å². The lowest BCUT2D eigenvalue weighted by atomic mass is 10.1. The average Bonchev–Trinajstić information content (AvgIpc) is 3.20. The first kappa shape index (κ1) is 24.8. The molecule has 0 radical (unpaired) electrons. The smallest absolute Gasteiger partial charge is 0.257 e. The van der Waals surface area contributed by atoms with E-state index in [-0.39, 0.29) is 17.3 Å². The van der Waals surface area contributed by atoms with Crippen LogP contribution in [0.15, 0.2) is 77.9 Å². The highest BCUT2D eigenvalue weighted by Crippen LogP contribution is 2.28. The number of nitrogens with one attached hydrogen (secondary N) is 1. The van der Waals surface area contributed by atoms with Crippen molar-refractivity contribution in [3.05, 3.63) is 89.5 Å². The van der Waals surface area contributed by atoms with Crippen molar-refractivity contribution in [1.82, 2.24) is 20.0 Å². The summed E-state index contributed by atoms with van der Waals surface area (Å²) in [6.45, 7) is 0.430.